The molecular formula is C25H23NO4. The van der Waals surface area contributed by atoms with Crippen molar-refractivity contribution in [3.63, 3.8) is 0 Å². The standard InChI is InChI=1S/C25H23NO4/c1-2-29-22-14-10-21(11-15-22)26-17-20(16-24(26)27)25(28)30-23-12-8-19(9-13-23)18-6-4-3-5-7-18/h3-15,20H,2,16-17H2,1H3/t20-/m1/s1. The number of ether oxygens (including phenoxy) is 2. The van der Waals surface area contributed by atoms with Crippen LogP contribution in [-0.4, -0.2) is 25.0 Å². The minimum atomic E-state index is -0.488. The van der Waals surface area contributed by atoms with E-state index in [9.17, 15) is 9.59 Å². The first kappa shape index (κ1) is 19.7. The third-order valence-electron chi connectivity index (χ3n) is 5.10. The van der Waals surface area contributed by atoms with Crippen LogP contribution in [0.2, 0.25) is 0 Å². The second kappa shape index (κ2) is 8.82. The molecule has 4 rings (SSSR count). The Morgan fingerprint density at radius 2 is 1.53 bits per heavy atom. The second-order valence-electron chi connectivity index (χ2n) is 7.14. The second-order valence-corrected chi connectivity index (χ2v) is 7.14. The van der Waals surface area contributed by atoms with Gasteiger partial charge in [-0.2, -0.15) is 0 Å². The van der Waals surface area contributed by atoms with Crippen LogP contribution in [0.4, 0.5) is 5.69 Å². The molecule has 0 unspecified atom stereocenters. The van der Waals surface area contributed by atoms with Crippen molar-refractivity contribution in [2.45, 2.75) is 13.3 Å². The maximum atomic E-state index is 12.6. The molecule has 0 bridgehead atoms. The average Bonchev–Trinajstić information content (AvgIpc) is 3.17. The fraction of sp³-hybridized carbons (Fsp3) is 0.200. The minimum Gasteiger partial charge on any atom is -0.494 e. The van der Waals surface area contributed by atoms with E-state index in [1.807, 2.05) is 73.7 Å². The monoisotopic (exact) mass is 401 g/mol. The molecule has 30 heavy (non-hydrogen) atoms. The molecule has 1 amide bonds. The van der Waals surface area contributed by atoms with Crippen molar-refractivity contribution in [3.05, 3.63) is 78.9 Å². The normalized spacial score (nSPS) is 15.8. The third kappa shape index (κ3) is 4.35. The first-order valence-electron chi connectivity index (χ1n) is 10.0. The first-order valence-corrected chi connectivity index (χ1v) is 10.0. The highest BCUT2D eigenvalue weighted by molar-refractivity contribution is 5.99. The molecule has 5 nitrogen and oxygen atoms in total. The van der Waals surface area contributed by atoms with E-state index in [2.05, 4.69) is 0 Å². The SMILES string of the molecule is CCOc1ccc(N2C[C@H](C(=O)Oc3ccc(-c4ccccc4)cc3)CC2=O)cc1. The van der Waals surface area contributed by atoms with Crippen molar-refractivity contribution in [2.75, 3.05) is 18.1 Å². The van der Waals surface area contributed by atoms with Gasteiger partial charge in [-0.15, -0.1) is 0 Å². The maximum Gasteiger partial charge on any atom is 0.316 e. The average molecular weight is 401 g/mol. The van der Waals surface area contributed by atoms with Gasteiger partial charge in [0.2, 0.25) is 5.91 Å². The molecule has 1 saturated heterocycles. The molecule has 0 spiro atoms. The smallest absolute Gasteiger partial charge is 0.316 e. The maximum absolute atomic E-state index is 12.6. The molecule has 5 heteroatoms. The number of carbonyl (C=O) groups is 2. The zero-order valence-electron chi connectivity index (χ0n) is 16.8. The van der Waals surface area contributed by atoms with Gasteiger partial charge in [0.1, 0.15) is 11.5 Å². The van der Waals surface area contributed by atoms with Gasteiger partial charge in [0.15, 0.2) is 0 Å². The number of nitrogens with zero attached hydrogens (tertiary/aromatic N) is 1. The molecule has 0 aromatic heterocycles. The van der Waals surface area contributed by atoms with Crippen molar-refractivity contribution in [3.8, 4) is 22.6 Å². The van der Waals surface area contributed by atoms with Crippen molar-refractivity contribution in [2.24, 2.45) is 5.92 Å². The molecule has 3 aromatic rings. The Morgan fingerprint density at radius 1 is 0.900 bits per heavy atom. The Balaban J connectivity index is 1.39. The molecule has 1 aliphatic heterocycles. The van der Waals surface area contributed by atoms with E-state index in [4.69, 9.17) is 9.47 Å². The highest BCUT2D eigenvalue weighted by atomic mass is 16.5. The van der Waals surface area contributed by atoms with Gasteiger partial charge in [-0.25, -0.2) is 0 Å². The lowest BCUT2D eigenvalue weighted by atomic mass is 10.1. The third-order valence-corrected chi connectivity index (χ3v) is 5.10. The van der Waals surface area contributed by atoms with Gasteiger partial charge in [-0.3, -0.25) is 9.59 Å². The largest absolute Gasteiger partial charge is 0.494 e. The van der Waals surface area contributed by atoms with Crippen molar-refractivity contribution in [1.82, 2.24) is 0 Å². The summed E-state index contributed by atoms with van der Waals surface area (Å²) in [5.41, 5.74) is 2.90. The van der Waals surface area contributed by atoms with E-state index in [1.54, 1.807) is 17.0 Å². The van der Waals surface area contributed by atoms with Crippen LogP contribution in [-0.2, 0) is 9.59 Å². The zero-order chi connectivity index (χ0) is 20.9. The molecule has 0 radical (unpaired) electrons. The molecule has 0 saturated carbocycles. The number of anilines is 1. The summed E-state index contributed by atoms with van der Waals surface area (Å²) in [6.45, 7) is 2.82. The highest BCUT2D eigenvalue weighted by Gasteiger charge is 2.36. The van der Waals surface area contributed by atoms with Gasteiger partial charge in [0, 0.05) is 18.7 Å². The van der Waals surface area contributed by atoms with Crippen LogP contribution in [0.3, 0.4) is 0 Å². The lowest BCUT2D eigenvalue weighted by molar-refractivity contribution is -0.139. The lowest BCUT2D eigenvalue weighted by Crippen LogP contribution is -2.27. The molecule has 1 aliphatic rings. The van der Waals surface area contributed by atoms with Crippen LogP contribution in [0.15, 0.2) is 78.9 Å². The number of hydrogen-bond acceptors (Lipinski definition) is 4. The molecular weight excluding hydrogens is 378 g/mol. The predicted octanol–water partition coefficient (Wildman–Crippen LogP) is 4.71. The van der Waals surface area contributed by atoms with E-state index >= 15 is 0 Å². The first-order chi connectivity index (χ1) is 14.6. The Morgan fingerprint density at radius 3 is 2.20 bits per heavy atom. The number of benzene rings is 3. The van der Waals surface area contributed by atoms with Crippen LogP contribution in [0.1, 0.15) is 13.3 Å². The number of hydrogen-bond donors (Lipinski definition) is 0. The summed E-state index contributed by atoms with van der Waals surface area (Å²) in [5, 5.41) is 0. The molecule has 0 N–H and O–H groups in total. The van der Waals surface area contributed by atoms with Crippen LogP contribution in [0.5, 0.6) is 11.5 Å². The van der Waals surface area contributed by atoms with Crippen LogP contribution in [0.25, 0.3) is 11.1 Å². The molecule has 3 aromatic carbocycles. The van der Waals surface area contributed by atoms with Crippen molar-refractivity contribution >= 4 is 17.6 Å². The predicted molar refractivity (Wildman–Crippen MR) is 116 cm³/mol. The summed E-state index contributed by atoms with van der Waals surface area (Å²) in [7, 11) is 0. The molecule has 0 aliphatic carbocycles. The fourth-order valence-corrected chi connectivity index (χ4v) is 3.55. The number of rotatable bonds is 6. The van der Waals surface area contributed by atoms with E-state index in [-0.39, 0.29) is 18.3 Å². The topological polar surface area (TPSA) is 55.8 Å². The van der Waals surface area contributed by atoms with Crippen LogP contribution >= 0.6 is 0 Å². The molecule has 1 fully saturated rings. The van der Waals surface area contributed by atoms with Gasteiger partial charge in [0.25, 0.3) is 0 Å². The van der Waals surface area contributed by atoms with Gasteiger partial charge in [0.05, 0.1) is 12.5 Å². The van der Waals surface area contributed by atoms with Gasteiger partial charge in [-0.1, -0.05) is 42.5 Å². The highest BCUT2D eigenvalue weighted by Crippen LogP contribution is 2.28. The van der Waals surface area contributed by atoms with Crippen molar-refractivity contribution < 1.29 is 19.1 Å². The quantitative estimate of drug-likeness (QED) is 0.443. The van der Waals surface area contributed by atoms with Gasteiger partial charge in [-0.05, 0) is 54.4 Å². The number of esters is 1. The van der Waals surface area contributed by atoms with E-state index in [0.717, 1.165) is 22.6 Å². The van der Waals surface area contributed by atoms with E-state index in [0.29, 0.717) is 18.9 Å². The lowest BCUT2D eigenvalue weighted by Gasteiger charge is -2.17. The molecule has 1 heterocycles. The van der Waals surface area contributed by atoms with Gasteiger partial charge >= 0.3 is 5.97 Å². The van der Waals surface area contributed by atoms with Crippen molar-refractivity contribution in [1.29, 1.82) is 0 Å². The van der Waals surface area contributed by atoms with E-state index in [1.165, 1.54) is 0 Å². The summed E-state index contributed by atoms with van der Waals surface area (Å²) >= 11 is 0. The number of amides is 1. The molecule has 152 valence electrons. The molecule has 1 atom stereocenters. The summed E-state index contributed by atoms with van der Waals surface area (Å²) < 4.78 is 11.0. The van der Waals surface area contributed by atoms with Crippen LogP contribution in [0, 0.1) is 5.92 Å². The fourth-order valence-electron chi connectivity index (χ4n) is 3.55. The summed E-state index contributed by atoms with van der Waals surface area (Å²) in [4.78, 5) is 26.7. The summed E-state index contributed by atoms with van der Waals surface area (Å²) in [5.74, 6) is 0.275. The Kier molecular flexibility index (Phi) is 5.80. The zero-order valence-corrected chi connectivity index (χ0v) is 16.8. The summed E-state index contributed by atoms with van der Waals surface area (Å²) in [6, 6.07) is 24.7. The Labute approximate surface area is 175 Å². The van der Waals surface area contributed by atoms with Gasteiger partial charge < -0.3 is 14.4 Å². The summed E-state index contributed by atoms with van der Waals surface area (Å²) in [6.07, 6.45) is 0.147. The number of carbonyl (C=O) groups excluding carboxylic acids is 2. The van der Waals surface area contributed by atoms with Crippen LogP contribution < -0.4 is 14.4 Å². The Hall–Kier alpha value is -3.60. The van der Waals surface area contributed by atoms with E-state index < -0.39 is 5.92 Å². The minimum absolute atomic E-state index is 0.0828. The Bertz CT molecular complexity index is 1010.